The standard InChI is InChI=1S/C12H11ClN2S/c13-10-5-8(14)3-4-9(10)11-6-16-12(15-11)7-1-2-7/h3-7H,1-2,14H2. The van der Waals surface area contributed by atoms with E-state index < -0.39 is 0 Å². The largest absolute Gasteiger partial charge is 0.399 e. The zero-order chi connectivity index (χ0) is 11.1. The molecule has 0 bridgehead atoms. The number of aromatic nitrogens is 1. The maximum atomic E-state index is 6.15. The number of halogens is 1. The highest BCUT2D eigenvalue weighted by molar-refractivity contribution is 7.10. The van der Waals surface area contributed by atoms with E-state index in [4.69, 9.17) is 17.3 Å². The maximum Gasteiger partial charge on any atom is 0.0963 e. The number of anilines is 1. The van der Waals surface area contributed by atoms with E-state index in [0.29, 0.717) is 16.6 Å². The van der Waals surface area contributed by atoms with Crippen molar-refractivity contribution in [1.29, 1.82) is 0 Å². The molecular formula is C12H11ClN2S. The average molecular weight is 251 g/mol. The maximum absolute atomic E-state index is 6.15. The van der Waals surface area contributed by atoms with Gasteiger partial charge in [0.1, 0.15) is 0 Å². The third-order valence-electron chi connectivity index (χ3n) is 2.72. The Hall–Kier alpha value is -1.06. The minimum atomic E-state index is 0.674. The van der Waals surface area contributed by atoms with Crippen molar-refractivity contribution >= 4 is 28.6 Å². The minimum Gasteiger partial charge on any atom is -0.399 e. The highest BCUT2D eigenvalue weighted by atomic mass is 35.5. The zero-order valence-electron chi connectivity index (χ0n) is 8.61. The summed E-state index contributed by atoms with van der Waals surface area (Å²) in [4.78, 5) is 4.63. The van der Waals surface area contributed by atoms with E-state index in [9.17, 15) is 0 Å². The van der Waals surface area contributed by atoms with E-state index in [0.717, 1.165) is 11.3 Å². The highest BCUT2D eigenvalue weighted by Gasteiger charge is 2.26. The van der Waals surface area contributed by atoms with E-state index in [2.05, 4.69) is 10.4 Å². The van der Waals surface area contributed by atoms with Crippen molar-refractivity contribution in [2.45, 2.75) is 18.8 Å². The molecule has 82 valence electrons. The summed E-state index contributed by atoms with van der Waals surface area (Å²) in [6, 6.07) is 5.56. The third-order valence-corrected chi connectivity index (χ3v) is 4.04. The van der Waals surface area contributed by atoms with Crippen LogP contribution in [0.1, 0.15) is 23.8 Å². The van der Waals surface area contributed by atoms with Gasteiger partial charge in [-0.05, 0) is 31.0 Å². The van der Waals surface area contributed by atoms with Crippen LogP contribution in [0.25, 0.3) is 11.3 Å². The van der Waals surface area contributed by atoms with Gasteiger partial charge >= 0.3 is 0 Å². The van der Waals surface area contributed by atoms with Gasteiger partial charge in [-0.15, -0.1) is 11.3 Å². The van der Waals surface area contributed by atoms with Crippen molar-refractivity contribution in [1.82, 2.24) is 4.98 Å². The molecule has 1 fully saturated rings. The smallest absolute Gasteiger partial charge is 0.0963 e. The second-order valence-electron chi connectivity index (χ2n) is 4.08. The van der Waals surface area contributed by atoms with Crippen molar-refractivity contribution < 1.29 is 0 Å². The van der Waals surface area contributed by atoms with Crippen LogP contribution >= 0.6 is 22.9 Å². The summed E-state index contributed by atoms with van der Waals surface area (Å²) >= 11 is 7.88. The molecule has 1 aliphatic carbocycles. The lowest BCUT2D eigenvalue weighted by atomic mass is 10.1. The second kappa shape index (κ2) is 3.75. The first-order chi connectivity index (χ1) is 7.74. The van der Waals surface area contributed by atoms with E-state index in [1.807, 2.05) is 12.1 Å². The Morgan fingerprint density at radius 2 is 2.19 bits per heavy atom. The molecule has 2 aromatic rings. The molecule has 1 saturated carbocycles. The Morgan fingerprint density at radius 3 is 2.88 bits per heavy atom. The number of rotatable bonds is 2. The molecule has 1 heterocycles. The summed E-state index contributed by atoms with van der Waals surface area (Å²) in [5.41, 5.74) is 8.29. The molecular weight excluding hydrogens is 240 g/mol. The van der Waals surface area contributed by atoms with Gasteiger partial charge in [0.25, 0.3) is 0 Å². The van der Waals surface area contributed by atoms with Crippen molar-refractivity contribution in [2.75, 3.05) is 5.73 Å². The minimum absolute atomic E-state index is 0.674. The van der Waals surface area contributed by atoms with Crippen LogP contribution in [0.2, 0.25) is 5.02 Å². The van der Waals surface area contributed by atoms with Crippen LogP contribution in [0.15, 0.2) is 23.6 Å². The molecule has 1 aromatic carbocycles. The molecule has 0 atom stereocenters. The van der Waals surface area contributed by atoms with Crippen LogP contribution in [0.3, 0.4) is 0 Å². The number of nitrogens with two attached hydrogens (primary N) is 1. The molecule has 0 amide bonds. The van der Waals surface area contributed by atoms with Crippen molar-refractivity contribution in [3.8, 4) is 11.3 Å². The van der Waals surface area contributed by atoms with Gasteiger partial charge in [-0.3, -0.25) is 0 Å². The second-order valence-corrected chi connectivity index (χ2v) is 5.38. The fraction of sp³-hybridized carbons (Fsp3) is 0.250. The van der Waals surface area contributed by atoms with Gasteiger partial charge in [0.2, 0.25) is 0 Å². The fourth-order valence-electron chi connectivity index (χ4n) is 1.67. The first kappa shape index (κ1) is 10.1. The van der Waals surface area contributed by atoms with E-state index in [1.165, 1.54) is 17.8 Å². The Balaban J connectivity index is 2.00. The highest BCUT2D eigenvalue weighted by Crippen LogP contribution is 2.43. The fourth-order valence-corrected chi connectivity index (χ4v) is 2.95. The van der Waals surface area contributed by atoms with Gasteiger partial charge in [-0.1, -0.05) is 11.6 Å². The summed E-state index contributed by atoms with van der Waals surface area (Å²) in [6.45, 7) is 0. The summed E-state index contributed by atoms with van der Waals surface area (Å²) in [5.74, 6) is 0.700. The predicted molar refractivity (Wildman–Crippen MR) is 68.9 cm³/mol. The average Bonchev–Trinajstić information content (AvgIpc) is 2.98. The Labute approximate surface area is 103 Å². The van der Waals surface area contributed by atoms with Gasteiger partial charge in [-0.25, -0.2) is 4.98 Å². The molecule has 4 heteroatoms. The molecule has 1 aliphatic rings. The normalized spacial score (nSPS) is 15.3. The lowest BCUT2D eigenvalue weighted by Gasteiger charge is -2.01. The van der Waals surface area contributed by atoms with Crippen molar-refractivity contribution in [2.24, 2.45) is 0 Å². The molecule has 0 radical (unpaired) electrons. The molecule has 2 N–H and O–H groups in total. The Morgan fingerprint density at radius 1 is 1.38 bits per heavy atom. The lowest BCUT2D eigenvalue weighted by molar-refractivity contribution is 1.09. The number of nitrogen functional groups attached to an aromatic ring is 1. The first-order valence-electron chi connectivity index (χ1n) is 5.25. The van der Waals surface area contributed by atoms with Gasteiger partial charge < -0.3 is 5.73 Å². The van der Waals surface area contributed by atoms with E-state index >= 15 is 0 Å². The molecule has 16 heavy (non-hydrogen) atoms. The number of nitrogens with zero attached hydrogens (tertiary/aromatic N) is 1. The van der Waals surface area contributed by atoms with Crippen molar-refractivity contribution in [3.05, 3.63) is 33.6 Å². The van der Waals surface area contributed by atoms with Gasteiger partial charge in [-0.2, -0.15) is 0 Å². The summed E-state index contributed by atoms with van der Waals surface area (Å²) < 4.78 is 0. The van der Waals surface area contributed by atoms with Crippen LogP contribution in [0, 0.1) is 0 Å². The van der Waals surface area contributed by atoms with Crippen LogP contribution in [0.5, 0.6) is 0 Å². The number of hydrogen-bond donors (Lipinski definition) is 1. The van der Waals surface area contributed by atoms with Crippen LogP contribution < -0.4 is 5.73 Å². The first-order valence-corrected chi connectivity index (χ1v) is 6.50. The van der Waals surface area contributed by atoms with Crippen LogP contribution in [0.4, 0.5) is 5.69 Å². The Bertz CT molecular complexity index is 532. The molecule has 0 unspecified atom stereocenters. The summed E-state index contributed by atoms with van der Waals surface area (Å²) in [6.07, 6.45) is 2.56. The summed E-state index contributed by atoms with van der Waals surface area (Å²) in [5, 5.41) is 3.99. The molecule has 1 aromatic heterocycles. The predicted octanol–water partition coefficient (Wildman–Crippen LogP) is 3.92. The summed E-state index contributed by atoms with van der Waals surface area (Å²) in [7, 11) is 0. The Kier molecular flexibility index (Phi) is 2.37. The van der Waals surface area contributed by atoms with Crippen LogP contribution in [-0.2, 0) is 0 Å². The van der Waals surface area contributed by atoms with E-state index in [1.54, 1.807) is 17.4 Å². The van der Waals surface area contributed by atoms with Gasteiger partial charge in [0, 0.05) is 22.5 Å². The van der Waals surface area contributed by atoms with Crippen LogP contribution in [-0.4, -0.2) is 4.98 Å². The molecule has 0 saturated heterocycles. The van der Waals surface area contributed by atoms with Crippen molar-refractivity contribution in [3.63, 3.8) is 0 Å². The lowest BCUT2D eigenvalue weighted by Crippen LogP contribution is -1.86. The number of benzene rings is 1. The van der Waals surface area contributed by atoms with Gasteiger partial charge in [0.05, 0.1) is 15.7 Å². The SMILES string of the molecule is Nc1ccc(-c2csc(C3CC3)n2)c(Cl)c1. The monoisotopic (exact) mass is 250 g/mol. The number of hydrogen-bond acceptors (Lipinski definition) is 3. The molecule has 3 rings (SSSR count). The third kappa shape index (κ3) is 1.81. The van der Waals surface area contributed by atoms with E-state index in [-0.39, 0.29) is 0 Å². The molecule has 0 spiro atoms. The molecule has 0 aliphatic heterocycles. The quantitative estimate of drug-likeness (QED) is 0.821. The molecule has 2 nitrogen and oxygen atoms in total. The topological polar surface area (TPSA) is 38.9 Å². The zero-order valence-corrected chi connectivity index (χ0v) is 10.2. The number of thiazole rings is 1. The van der Waals surface area contributed by atoms with Gasteiger partial charge in [0.15, 0.2) is 0 Å².